The van der Waals surface area contributed by atoms with Gasteiger partial charge in [-0.15, -0.1) is 0 Å². The first-order chi connectivity index (χ1) is 13.6. The Morgan fingerprint density at radius 2 is 2.04 bits per heavy atom. The smallest absolute Gasteiger partial charge is 0.340 e. The van der Waals surface area contributed by atoms with Gasteiger partial charge in [0, 0.05) is 35.1 Å². The molecule has 4 nitrogen and oxygen atoms in total. The number of ether oxygens (including phenoxy) is 1. The van der Waals surface area contributed by atoms with Crippen LogP contribution in [-0.4, -0.2) is 18.0 Å². The summed E-state index contributed by atoms with van der Waals surface area (Å²) in [6.07, 6.45) is 9.45. The molecule has 0 radical (unpaired) electrons. The summed E-state index contributed by atoms with van der Waals surface area (Å²) in [5.41, 5.74) is 4.75. The number of carbonyl (C=O) groups is 1. The Balaban J connectivity index is 1.52. The third-order valence-electron chi connectivity index (χ3n) is 4.98. The maximum atomic E-state index is 12.1. The maximum absolute atomic E-state index is 12.1. The molecule has 4 rings (SSSR count). The molecule has 142 valence electrons. The molecule has 1 N–H and O–H groups in total. The molecule has 0 bridgehead atoms. The van der Waals surface area contributed by atoms with Crippen LogP contribution in [0.25, 0.3) is 0 Å². The van der Waals surface area contributed by atoms with E-state index in [0.717, 1.165) is 18.7 Å². The summed E-state index contributed by atoms with van der Waals surface area (Å²) in [6, 6.07) is 15.6. The lowest BCUT2D eigenvalue weighted by Gasteiger charge is -2.26. The first kappa shape index (κ1) is 18.4. The number of nitrogens with one attached hydrogen (secondary N) is 1. The largest absolute Gasteiger partial charge is 0.465 e. The quantitative estimate of drug-likeness (QED) is 0.696. The van der Waals surface area contributed by atoms with Crippen LogP contribution in [0.3, 0.4) is 0 Å². The van der Waals surface area contributed by atoms with Crippen molar-refractivity contribution in [1.29, 1.82) is 0 Å². The zero-order chi connectivity index (χ0) is 19.5. The van der Waals surface area contributed by atoms with Gasteiger partial charge in [-0.25, -0.2) is 4.79 Å². The van der Waals surface area contributed by atoms with E-state index in [9.17, 15) is 4.79 Å². The summed E-state index contributed by atoms with van der Waals surface area (Å²) < 4.78 is 4.87. The fourth-order valence-electron chi connectivity index (χ4n) is 3.58. The van der Waals surface area contributed by atoms with E-state index in [2.05, 4.69) is 58.9 Å². The lowest BCUT2D eigenvalue weighted by molar-refractivity contribution is 0.0602. The van der Waals surface area contributed by atoms with E-state index in [1.54, 1.807) is 18.2 Å². The van der Waals surface area contributed by atoms with Crippen molar-refractivity contribution in [2.24, 2.45) is 5.92 Å². The molecule has 1 atom stereocenters. The second kappa shape index (κ2) is 7.95. The molecule has 1 aliphatic carbocycles. The van der Waals surface area contributed by atoms with Gasteiger partial charge in [0.05, 0.1) is 18.4 Å². The molecule has 2 aliphatic rings. The number of nitrogens with zero attached hydrogens (tertiary/aromatic N) is 1. The number of hydrogen-bond donors (Lipinski definition) is 1. The van der Waals surface area contributed by atoms with Crippen LogP contribution in [0.15, 0.2) is 84.4 Å². The Hall–Kier alpha value is -2.98. The fourth-order valence-corrected chi connectivity index (χ4v) is 3.75. The highest BCUT2D eigenvalue weighted by molar-refractivity contribution is 6.31. The molecule has 2 aromatic carbocycles. The van der Waals surface area contributed by atoms with E-state index in [1.165, 1.54) is 18.4 Å². The Kier molecular flexibility index (Phi) is 5.22. The summed E-state index contributed by atoms with van der Waals surface area (Å²) >= 11 is 6.04. The molecule has 0 spiro atoms. The zero-order valence-electron chi connectivity index (χ0n) is 15.6. The first-order valence-electron chi connectivity index (χ1n) is 9.18. The third kappa shape index (κ3) is 3.82. The van der Waals surface area contributed by atoms with E-state index in [4.69, 9.17) is 16.3 Å². The van der Waals surface area contributed by atoms with Gasteiger partial charge in [-0.1, -0.05) is 48.0 Å². The van der Waals surface area contributed by atoms with Crippen molar-refractivity contribution in [3.05, 3.63) is 101 Å². The summed E-state index contributed by atoms with van der Waals surface area (Å²) in [7, 11) is 1.37. The molecule has 0 aromatic heterocycles. The second-order valence-electron chi connectivity index (χ2n) is 6.86. The maximum Gasteiger partial charge on any atom is 0.340 e. The van der Waals surface area contributed by atoms with Crippen LogP contribution < -0.4 is 5.32 Å². The van der Waals surface area contributed by atoms with Gasteiger partial charge in [-0.3, -0.25) is 0 Å². The van der Waals surface area contributed by atoms with Crippen molar-refractivity contribution in [3.8, 4) is 0 Å². The normalized spacial score (nSPS) is 17.6. The highest BCUT2D eigenvalue weighted by Crippen LogP contribution is 2.35. The van der Waals surface area contributed by atoms with Gasteiger partial charge in [0.25, 0.3) is 0 Å². The van der Waals surface area contributed by atoms with E-state index in [-0.39, 0.29) is 0 Å². The molecular weight excluding hydrogens is 372 g/mol. The van der Waals surface area contributed by atoms with Gasteiger partial charge in [-0.05, 0) is 42.3 Å². The van der Waals surface area contributed by atoms with E-state index in [0.29, 0.717) is 22.2 Å². The first-order valence-corrected chi connectivity index (χ1v) is 9.56. The predicted molar refractivity (Wildman–Crippen MR) is 112 cm³/mol. The van der Waals surface area contributed by atoms with Crippen molar-refractivity contribution in [1.82, 2.24) is 4.90 Å². The predicted octanol–water partition coefficient (Wildman–Crippen LogP) is 5.36. The number of hydrogen-bond acceptors (Lipinski definition) is 4. The molecular formula is C23H21ClN2O2. The van der Waals surface area contributed by atoms with Crippen LogP contribution >= 0.6 is 11.6 Å². The average Bonchev–Trinajstić information content (AvgIpc) is 3.11. The number of allylic oxidation sites excluding steroid dienone is 4. The van der Waals surface area contributed by atoms with Crippen LogP contribution in [-0.2, 0) is 11.3 Å². The zero-order valence-corrected chi connectivity index (χ0v) is 16.3. The molecule has 0 saturated carbocycles. The number of carbonyl (C=O) groups excluding carboxylic acids is 1. The van der Waals surface area contributed by atoms with Gasteiger partial charge < -0.3 is 15.0 Å². The summed E-state index contributed by atoms with van der Waals surface area (Å²) in [5, 5.41) is 3.87. The molecule has 5 heteroatoms. The highest BCUT2D eigenvalue weighted by Gasteiger charge is 2.26. The van der Waals surface area contributed by atoms with E-state index >= 15 is 0 Å². The Morgan fingerprint density at radius 1 is 1.21 bits per heavy atom. The standard InChI is InChI=1S/C23H21ClN2O2/c1-28-23(27)20-14-18(24)7-9-21(20)25-19-8-10-22-17(13-19)11-12-26(22)15-16-5-3-2-4-6-16/h2-12,14,17,25H,13,15H2,1H3. The molecule has 28 heavy (non-hydrogen) atoms. The van der Waals surface area contributed by atoms with E-state index < -0.39 is 5.97 Å². The summed E-state index contributed by atoms with van der Waals surface area (Å²) in [4.78, 5) is 14.3. The van der Waals surface area contributed by atoms with Crippen LogP contribution in [0.5, 0.6) is 0 Å². The molecule has 1 unspecified atom stereocenters. The highest BCUT2D eigenvalue weighted by atomic mass is 35.5. The summed E-state index contributed by atoms with van der Waals surface area (Å²) in [6.45, 7) is 0.861. The molecule has 1 heterocycles. The topological polar surface area (TPSA) is 41.6 Å². The van der Waals surface area contributed by atoms with Crippen LogP contribution in [0, 0.1) is 5.92 Å². The summed E-state index contributed by atoms with van der Waals surface area (Å²) in [5.74, 6) is -0.0856. The third-order valence-corrected chi connectivity index (χ3v) is 5.22. The van der Waals surface area contributed by atoms with Crippen molar-refractivity contribution in [2.45, 2.75) is 13.0 Å². The number of halogens is 1. The van der Waals surface area contributed by atoms with Gasteiger partial charge in [0.15, 0.2) is 0 Å². The monoisotopic (exact) mass is 392 g/mol. The van der Waals surface area contributed by atoms with Gasteiger partial charge in [-0.2, -0.15) is 0 Å². The second-order valence-corrected chi connectivity index (χ2v) is 7.29. The number of rotatable bonds is 5. The van der Waals surface area contributed by atoms with Crippen molar-refractivity contribution in [2.75, 3.05) is 12.4 Å². The molecule has 2 aromatic rings. The van der Waals surface area contributed by atoms with Gasteiger partial charge in [0.1, 0.15) is 0 Å². The van der Waals surface area contributed by atoms with Crippen LogP contribution in [0.4, 0.5) is 5.69 Å². The van der Waals surface area contributed by atoms with Crippen molar-refractivity contribution in [3.63, 3.8) is 0 Å². The lowest BCUT2D eigenvalue weighted by atomic mass is 9.95. The number of benzene rings is 2. The Bertz CT molecular complexity index is 979. The van der Waals surface area contributed by atoms with E-state index in [1.807, 2.05) is 6.07 Å². The molecule has 0 fully saturated rings. The number of anilines is 1. The lowest BCUT2D eigenvalue weighted by Crippen LogP contribution is -2.19. The van der Waals surface area contributed by atoms with Crippen LogP contribution in [0.1, 0.15) is 22.3 Å². The minimum Gasteiger partial charge on any atom is -0.465 e. The Labute approximate surface area is 169 Å². The SMILES string of the molecule is COC(=O)c1cc(Cl)ccc1NC1=CC=C2C(C=CN2Cc2ccccc2)C1. The van der Waals surface area contributed by atoms with Crippen LogP contribution in [0.2, 0.25) is 5.02 Å². The number of methoxy groups -OCH3 is 1. The Morgan fingerprint density at radius 3 is 2.82 bits per heavy atom. The fraction of sp³-hybridized carbons (Fsp3) is 0.174. The number of fused-ring (bicyclic) bond motifs is 1. The van der Waals surface area contributed by atoms with Gasteiger partial charge >= 0.3 is 5.97 Å². The van der Waals surface area contributed by atoms with Gasteiger partial charge in [0.2, 0.25) is 0 Å². The van der Waals surface area contributed by atoms with Crippen molar-refractivity contribution < 1.29 is 9.53 Å². The molecule has 1 aliphatic heterocycles. The molecule has 0 amide bonds. The molecule has 0 saturated heterocycles. The minimum absolute atomic E-state index is 0.324. The minimum atomic E-state index is -0.410. The van der Waals surface area contributed by atoms with Crippen molar-refractivity contribution >= 4 is 23.3 Å². The number of esters is 1. The average molecular weight is 393 g/mol.